The average Bonchev–Trinajstić information content (AvgIpc) is 3.27. The summed E-state index contributed by atoms with van der Waals surface area (Å²) in [6.07, 6.45) is 2.75. The van der Waals surface area contributed by atoms with E-state index in [4.69, 9.17) is 0 Å². The predicted molar refractivity (Wildman–Crippen MR) is 103 cm³/mol. The third-order valence-corrected chi connectivity index (χ3v) is 5.77. The van der Waals surface area contributed by atoms with Gasteiger partial charge in [-0.05, 0) is 36.6 Å². The molecule has 0 radical (unpaired) electrons. The average molecular weight is 366 g/mol. The summed E-state index contributed by atoms with van der Waals surface area (Å²) < 4.78 is 0. The first-order valence-corrected chi connectivity index (χ1v) is 9.66. The lowest BCUT2D eigenvalue weighted by molar-refractivity contribution is -0.138. The molecular formula is C21H26N4O2. The normalized spacial score (nSPS) is 18.9. The van der Waals surface area contributed by atoms with Gasteiger partial charge in [0.15, 0.2) is 0 Å². The number of rotatable bonds is 3. The third-order valence-electron chi connectivity index (χ3n) is 5.77. The molecule has 0 spiro atoms. The fourth-order valence-corrected chi connectivity index (χ4v) is 4.03. The minimum absolute atomic E-state index is 0.00721. The second kappa shape index (κ2) is 7.56. The number of carbonyl (C=O) groups excluding carboxylic acids is 2. The highest BCUT2D eigenvalue weighted by atomic mass is 16.2. The molecule has 2 aliphatic heterocycles. The first-order valence-electron chi connectivity index (χ1n) is 9.66. The van der Waals surface area contributed by atoms with Crippen molar-refractivity contribution in [1.29, 1.82) is 0 Å². The number of amides is 2. The van der Waals surface area contributed by atoms with Gasteiger partial charge in [-0.15, -0.1) is 0 Å². The molecule has 0 saturated carbocycles. The van der Waals surface area contributed by atoms with Gasteiger partial charge in [0.2, 0.25) is 5.91 Å². The van der Waals surface area contributed by atoms with Gasteiger partial charge in [0.1, 0.15) is 5.69 Å². The van der Waals surface area contributed by atoms with Crippen LogP contribution in [-0.4, -0.2) is 70.3 Å². The predicted octanol–water partition coefficient (Wildman–Crippen LogP) is 1.75. The minimum Gasteiger partial charge on any atom is -0.357 e. The van der Waals surface area contributed by atoms with Crippen LogP contribution in [0.4, 0.5) is 0 Å². The number of H-pyrrole nitrogens is 1. The summed E-state index contributed by atoms with van der Waals surface area (Å²) in [4.78, 5) is 34.4. The zero-order valence-corrected chi connectivity index (χ0v) is 15.7. The van der Waals surface area contributed by atoms with Gasteiger partial charge in [0.05, 0.1) is 6.04 Å². The van der Waals surface area contributed by atoms with Crippen LogP contribution in [0.1, 0.15) is 28.5 Å². The van der Waals surface area contributed by atoms with Crippen molar-refractivity contribution in [2.24, 2.45) is 0 Å². The number of benzene rings is 1. The van der Waals surface area contributed by atoms with Crippen molar-refractivity contribution >= 4 is 11.8 Å². The van der Waals surface area contributed by atoms with Gasteiger partial charge in [-0.3, -0.25) is 14.5 Å². The highest BCUT2D eigenvalue weighted by Gasteiger charge is 2.31. The van der Waals surface area contributed by atoms with E-state index in [1.165, 1.54) is 11.1 Å². The summed E-state index contributed by atoms with van der Waals surface area (Å²) in [5.41, 5.74) is 3.32. The molecule has 1 N–H and O–H groups in total. The molecule has 6 nitrogen and oxygen atoms in total. The number of nitrogens with one attached hydrogen (secondary N) is 1. The Morgan fingerprint density at radius 3 is 2.33 bits per heavy atom. The number of fused-ring (bicyclic) bond motifs is 1. The number of aromatic nitrogens is 1. The van der Waals surface area contributed by atoms with Crippen LogP contribution in [-0.2, 0) is 17.8 Å². The third kappa shape index (κ3) is 3.62. The Bertz CT molecular complexity index is 809. The van der Waals surface area contributed by atoms with E-state index in [9.17, 15) is 9.59 Å². The summed E-state index contributed by atoms with van der Waals surface area (Å²) in [6, 6.07) is 12.0. The molecule has 6 heteroatoms. The lowest BCUT2D eigenvalue weighted by Crippen LogP contribution is -2.55. The molecule has 0 aliphatic carbocycles. The molecule has 142 valence electrons. The van der Waals surface area contributed by atoms with Crippen LogP contribution in [0.2, 0.25) is 0 Å². The van der Waals surface area contributed by atoms with Gasteiger partial charge in [0, 0.05) is 45.5 Å². The maximum Gasteiger partial charge on any atom is 0.270 e. The van der Waals surface area contributed by atoms with Crippen LogP contribution in [0.25, 0.3) is 0 Å². The second-order valence-electron chi connectivity index (χ2n) is 7.37. The number of hydrogen-bond acceptors (Lipinski definition) is 3. The van der Waals surface area contributed by atoms with E-state index in [0.29, 0.717) is 31.9 Å². The Balaban J connectivity index is 1.33. The molecule has 2 amide bonds. The number of piperazine rings is 1. The zero-order chi connectivity index (χ0) is 18.8. The van der Waals surface area contributed by atoms with Crippen LogP contribution >= 0.6 is 0 Å². The Kier molecular flexibility index (Phi) is 4.99. The van der Waals surface area contributed by atoms with E-state index in [2.05, 4.69) is 34.1 Å². The van der Waals surface area contributed by atoms with E-state index >= 15 is 0 Å². The molecule has 0 bridgehead atoms. The molecule has 2 aromatic rings. The van der Waals surface area contributed by atoms with Gasteiger partial charge in [0.25, 0.3) is 5.91 Å². The summed E-state index contributed by atoms with van der Waals surface area (Å²) in [6.45, 7) is 6.11. The monoisotopic (exact) mass is 366 g/mol. The molecule has 1 aromatic carbocycles. The highest BCUT2D eigenvalue weighted by molar-refractivity contribution is 5.92. The van der Waals surface area contributed by atoms with E-state index in [-0.39, 0.29) is 17.9 Å². The molecule has 1 fully saturated rings. The Hall–Kier alpha value is -2.60. The van der Waals surface area contributed by atoms with Crippen LogP contribution in [0.5, 0.6) is 0 Å². The Morgan fingerprint density at radius 2 is 1.63 bits per heavy atom. The first kappa shape index (κ1) is 17.8. The van der Waals surface area contributed by atoms with E-state index < -0.39 is 0 Å². The smallest absolute Gasteiger partial charge is 0.270 e. The summed E-state index contributed by atoms with van der Waals surface area (Å²) in [7, 11) is 0. The van der Waals surface area contributed by atoms with Crippen molar-refractivity contribution in [2.45, 2.75) is 25.9 Å². The number of carbonyl (C=O) groups is 2. The zero-order valence-electron chi connectivity index (χ0n) is 15.7. The molecule has 0 unspecified atom stereocenters. The van der Waals surface area contributed by atoms with Gasteiger partial charge >= 0.3 is 0 Å². The van der Waals surface area contributed by atoms with Gasteiger partial charge in [-0.25, -0.2) is 0 Å². The maximum absolute atomic E-state index is 13.0. The Morgan fingerprint density at radius 1 is 0.926 bits per heavy atom. The van der Waals surface area contributed by atoms with Crippen molar-refractivity contribution in [2.75, 3.05) is 32.7 Å². The second-order valence-corrected chi connectivity index (χ2v) is 7.37. The molecule has 1 atom stereocenters. The number of nitrogens with zero attached hydrogens (tertiary/aromatic N) is 3. The van der Waals surface area contributed by atoms with Crippen molar-refractivity contribution in [3.8, 4) is 0 Å². The summed E-state index contributed by atoms with van der Waals surface area (Å²) >= 11 is 0. The van der Waals surface area contributed by atoms with Crippen molar-refractivity contribution in [1.82, 2.24) is 19.7 Å². The van der Waals surface area contributed by atoms with E-state index in [0.717, 1.165) is 19.5 Å². The Labute approximate surface area is 159 Å². The highest BCUT2D eigenvalue weighted by Crippen LogP contribution is 2.21. The van der Waals surface area contributed by atoms with Gasteiger partial charge < -0.3 is 14.8 Å². The van der Waals surface area contributed by atoms with Gasteiger partial charge in [-0.1, -0.05) is 24.3 Å². The summed E-state index contributed by atoms with van der Waals surface area (Å²) in [5, 5.41) is 0. The van der Waals surface area contributed by atoms with Crippen molar-refractivity contribution < 1.29 is 9.59 Å². The standard InChI is InChI=1S/C21H26N4O2/c1-16(25-10-8-17-5-2-3-6-18(17)15-25)20(26)23-11-13-24(14-12-23)21(27)19-7-4-9-22-19/h2-7,9,16,22H,8,10-15H2,1H3/t16-/m0/s1. The van der Waals surface area contributed by atoms with E-state index in [1.54, 1.807) is 12.3 Å². The van der Waals surface area contributed by atoms with Crippen LogP contribution in [0, 0.1) is 0 Å². The van der Waals surface area contributed by atoms with Crippen molar-refractivity contribution in [3.63, 3.8) is 0 Å². The quantitative estimate of drug-likeness (QED) is 0.900. The molecule has 1 aromatic heterocycles. The van der Waals surface area contributed by atoms with Crippen LogP contribution in [0.15, 0.2) is 42.6 Å². The number of aromatic amines is 1. The SMILES string of the molecule is C[C@@H](C(=O)N1CCN(C(=O)c2ccc[nH]2)CC1)N1CCc2ccccc2C1. The first-order chi connectivity index (χ1) is 13.1. The maximum atomic E-state index is 13.0. The molecular weight excluding hydrogens is 340 g/mol. The van der Waals surface area contributed by atoms with E-state index in [1.807, 2.05) is 22.8 Å². The molecule has 2 aliphatic rings. The lowest BCUT2D eigenvalue weighted by Gasteiger charge is -2.39. The van der Waals surface area contributed by atoms with Crippen molar-refractivity contribution in [3.05, 3.63) is 59.4 Å². The summed E-state index contributed by atoms with van der Waals surface area (Å²) in [5.74, 6) is 0.175. The fraction of sp³-hybridized carbons (Fsp3) is 0.429. The molecule has 4 rings (SSSR count). The lowest BCUT2D eigenvalue weighted by atomic mass is 9.98. The van der Waals surface area contributed by atoms with Gasteiger partial charge in [-0.2, -0.15) is 0 Å². The molecule has 1 saturated heterocycles. The molecule has 27 heavy (non-hydrogen) atoms. The molecule has 3 heterocycles. The van der Waals surface area contributed by atoms with Crippen LogP contribution < -0.4 is 0 Å². The largest absolute Gasteiger partial charge is 0.357 e. The minimum atomic E-state index is -0.135. The number of hydrogen-bond donors (Lipinski definition) is 1. The topological polar surface area (TPSA) is 59.7 Å². The fourth-order valence-electron chi connectivity index (χ4n) is 4.03. The van der Waals surface area contributed by atoms with Crippen LogP contribution in [0.3, 0.4) is 0 Å².